The molecule has 22 aromatic rings. The molecule has 0 saturated carbocycles. The zero-order valence-electron chi connectivity index (χ0n) is 60.1. The van der Waals surface area contributed by atoms with Crippen molar-refractivity contribution in [1.82, 2.24) is 13.7 Å². The number of aromatic nitrogens is 3. The summed E-state index contributed by atoms with van der Waals surface area (Å²) in [6, 6.07) is 117. The first-order valence-electron chi connectivity index (χ1n) is 37.4. The van der Waals surface area contributed by atoms with Gasteiger partial charge in [0.1, 0.15) is 0 Å². The first-order valence-corrected chi connectivity index (χ1v) is 39.1. The Morgan fingerprint density at radius 2 is 0.645 bits per heavy atom. The maximum absolute atomic E-state index is 2.58. The lowest BCUT2D eigenvalue weighted by Gasteiger charge is -2.22. The van der Waals surface area contributed by atoms with Gasteiger partial charge in [0, 0.05) is 100 Å². The lowest BCUT2D eigenvalue weighted by molar-refractivity contribution is 0.661. The number of hydrogen-bond acceptors (Lipinski definition) is 2. The smallest absolute Gasteiger partial charge is 0.0555 e. The van der Waals surface area contributed by atoms with E-state index in [0.717, 1.165) is 0 Å². The Morgan fingerprint density at radius 3 is 1.20 bits per heavy atom. The Hall–Kier alpha value is -12.4. The molecule has 24 rings (SSSR count). The van der Waals surface area contributed by atoms with Crippen LogP contribution in [-0.4, -0.2) is 13.7 Å². The summed E-state index contributed by atoms with van der Waals surface area (Å²) in [5.41, 5.74) is 29.6. The van der Waals surface area contributed by atoms with E-state index < -0.39 is 0 Å². The van der Waals surface area contributed by atoms with Gasteiger partial charge >= 0.3 is 0 Å². The Morgan fingerprint density at radius 1 is 0.234 bits per heavy atom. The number of rotatable bonds is 5. The van der Waals surface area contributed by atoms with Crippen LogP contribution in [0.5, 0.6) is 0 Å². The summed E-state index contributed by atoms with van der Waals surface area (Å²) in [6.45, 7) is 14.1. The van der Waals surface area contributed by atoms with Crippen molar-refractivity contribution in [3.05, 3.63) is 343 Å². The van der Waals surface area contributed by atoms with Gasteiger partial charge in [-0.15, -0.1) is 22.7 Å². The molecule has 0 radical (unpaired) electrons. The highest BCUT2D eigenvalue weighted by molar-refractivity contribution is 7.26. The maximum atomic E-state index is 2.58. The number of aryl methyl sites for hydroxylation is 2. The quantitative estimate of drug-likeness (QED) is 0.153. The highest BCUT2D eigenvalue weighted by atomic mass is 32.1. The lowest BCUT2D eigenvalue weighted by Crippen LogP contribution is -2.15. The van der Waals surface area contributed by atoms with Gasteiger partial charge in [0.25, 0.3) is 0 Å². The van der Waals surface area contributed by atoms with Gasteiger partial charge in [0.2, 0.25) is 0 Å². The molecule has 0 fully saturated rings. The first kappa shape index (κ1) is 61.0. The van der Waals surface area contributed by atoms with E-state index in [2.05, 4.69) is 365 Å². The topological polar surface area (TPSA) is 14.8 Å². The molecule has 5 aromatic heterocycles. The fraction of sp³-hybridized carbons (Fsp3) is 0.0784. The van der Waals surface area contributed by atoms with Gasteiger partial charge in [-0.1, -0.05) is 234 Å². The largest absolute Gasteiger partial charge is 0.309 e. The third-order valence-electron chi connectivity index (χ3n) is 24.7. The molecular formula is C102H69N3S2. The summed E-state index contributed by atoms with van der Waals surface area (Å²) in [7, 11) is 0. The predicted molar refractivity (Wildman–Crippen MR) is 461 cm³/mol. The molecule has 0 saturated heterocycles. The zero-order chi connectivity index (χ0) is 71.0. The fourth-order valence-electron chi connectivity index (χ4n) is 19.6. The van der Waals surface area contributed by atoms with Crippen molar-refractivity contribution in [2.24, 2.45) is 0 Å². The summed E-state index contributed by atoms with van der Waals surface area (Å²) in [5, 5.41) is 21.0. The molecule has 5 heterocycles. The summed E-state index contributed by atoms with van der Waals surface area (Å²) in [6.07, 6.45) is 0. The van der Waals surface area contributed by atoms with Gasteiger partial charge in [-0.3, -0.25) is 0 Å². The Balaban J connectivity index is 0.000000130. The number of benzene rings is 17. The number of para-hydroxylation sites is 2. The van der Waals surface area contributed by atoms with Crippen LogP contribution in [0.15, 0.2) is 309 Å². The molecule has 0 N–H and O–H groups in total. The van der Waals surface area contributed by atoms with Crippen LogP contribution in [0, 0.1) is 13.8 Å². The van der Waals surface area contributed by atoms with Crippen molar-refractivity contribution in [2.45, 2.75) is 52.4 Å². The van der Waals surface area contributed by atoms with Crippen LogP contribution in [0.1, 0.15) is 61.1 Å². The van der Waals surface area contributed by atoms with Gasteiger partial charge < -0.3 is 13.7 Å². The second-order valence-electron chi connectivity index (χ2n) is 31.1. The second-order valence-corrected chi connectivity index (χ2v) is 33.3. The molecule has 504 valence electrons. The molecule has 17 aromatic carbocycles. The minimum atomic E-state index is -0.0888. The normalized spacial score (nSPS) is 13.7. The molecule has 107 heavy (non-hydrogen) atoms. The van der Waals surface area contributed by atoms with E-state index in [0.29, 0.717) is 0 Å². The van der Waals surface area contributed by atoms with Crippen LogP contribution in [0.3, 0.4) is 0 Å². The van der Waals surface area contributed by atoms with Crippen molar-refractivity contribution in [3.63, 3.8) is 0 Å². The van der Waals surface area contributed by atoms with Crippen molar-refractivity contribution in [1.29, 1.82) is 0 Å². The summed E-state index contributed by atoms with van der Waals surface area (Å²) in [5.74, 6) is 0. The van der Waals surface area contributed by atoms with Crippen LogP contribution in [0.25, 0.3) is 200 Å². The Labute approximate surface area is 626 Å². The van der Waals surface area contributed by atoms with Crippen molar-refractivity contribution in [2.75, 3.05) is 0 Å². The fourth-order valence-corrected chi connectivity index (χ4v) is 21.9. The van der Waals surface area contributed by atoms with Crippen molar-refractivity contribution in [3.8, 4) is 61.6 Å². The van der Waals surface area contributed by atoms with Crippen molar-refractivity contribution < 1.29 is 0 Å². The zero-order valence-corrected chi connectivity index (χ0v) is 61.7. The van der Waals surface area contributed by atoms with Crippen LogP contribution >= 0.6 is 22.7 Å². The van der Waals surface area contributed by atoms with Gasteiger partial charge in [-0.25, -0.2) is 0 Å². The molecule has 3 nitrogen and oxygen atoms in total. The van der Waals surface area contributed by atoms with Crippen molar-refractivity contribution >= 4 is 161 Å². The van der Waals surface area contributed by atoms with Crippen LogP contribution in [-0.2, 0) is 10.8 Å². The van der Waals surface area contributed by atoms with Crippen LogP contribution in [0.4, 0.5) is 0 Å². The number of nitrogens with zero attached hydrogens (tertiary/aromatic N) is 3. The highest BCUT2D eigenvalue weighted by Crippen LogP contribution is 2.55. The minimum absolute atomic E-state index is 0.0827. The van der Waals surface area contributed by atoms with Gasteiger partial charge in [0.05, 0.1) is 38.8 Å². The number of fused-ring (bicyclic) bond motifs is 21. The molecule has 2 aliphatic rings. The molecule has 0 aliphatic heterocycles. The summed E-state index contributed by atoms with van der Waals surface area (Å²) in [4.78, 5) is 0. The molecule has 5 heteroatoms. The average molecular weight is 1400 g/mol. The third-order valence-corrected chi connectivity index (χ3v) is 27.0. The SMILES string of the molecule is CC1(C)c2ccccc2-c2cc3c4cc5c(cc4n(-c4ccc6ccc7c(-c8ccccc8)ccc8ccc4c6c87)c3cc21)sc1ccccc15.Cc1cc(-n2c3ccccc3c3ccccc32)ccc1-c1ccc(-n2c3cc4c(cc3c3cc5c(cc32)sc2ccccc25)-c2ccccc2C4(C)C)cc1C. The number of hydrogen-bond donors (Lipinski definition) is 0. The average Bonchev–Trinajstić information content (AvgIpc) is 1.64. The van der Waals surface area contributed by atoms with E-state index in [-0.39, 0.29) is 10.8 Å². The van der Waals surface area contributed by atoms with Gasteiger partial charge in [0.15, 0.2) is 0 Å². The van der Waals surface area contributed by atoms with Gasteiger partial charge in [-0.2, -0.15) is 0 Å². The Kier molecular flexibility index (Phi) is 12.6. The van der Waals surface area contributed by atoms with E-state index in [4.69, 9.17) is 0 Å². The standard InChI is InChI=1S/C53H38N2S.C49H31NS/c1-31-25-33(54-47-18-10-6-14-38(47)39-15-7-11-19-48(39)54)21-23-35(31)36-24-22-34(26-32(36)2)55-49-29-46-41(37-13-5-9-17-45(37)53(46,3)4)27-42(49)43-28-44-40-16-8-12-20-51(40)56-52(44)30-50(43)55;1-49(2)40-14-8-6-12-32(40)36-24-37-38-25-39-33-13-7-9-15-45(33)51-46(39)27-44(38)50(43(37)26-41(36)49)42-23-19-30-17-21-34-31(28-10-4-3-5-11-28)20-16-29-18-22-35(42)48(30)47(29)34/h5-30H,1-4H3;3-27H,1-2H3. The van der Waals surface area contributed by atoms with E-state index in [1.165, 1.54) is 233 Å². The molecule has 0 atom stereocenters. The van der Waals surface area contributed by atoms with Crippen LogP contribution < -0.4 is 0 Å². The monoisotopic (exact) mass is 1400 g/mol. The lowest BCUT2D eigenvalue weighted by atomic mass is 9.82. The predicted octanol–water partition coefficient (Wildman–Crippen LogP) is 28.9. The van der Waals surface area contributed by atoms with E-state index in [1.54, 1.807) is 0 Å². The Bertz CT molecular complexity index is 7590. The van der Waals surface area contributed by atoms with E-state index in [1.807, 2.05) is 22.7 Å². The molecule has 0 unspecified atom stereocenters. The summed E-state index contributed by atoms with van der Waals surface area (Å²) >= 11 is 3.79. The first-order chi connectivity index (χ1) is 52.4. The maximum Gasteiger partial charge on any atom is 0.0555 e. The molecule has 0 amide bonds. The second kappa shape index (κ2) is 22.1. The third kappa shape index (κ3) is 8.52. The molecule has 2 aliphatic carbocycles. The number of thiophene rings is 2. The minimum Gasteiger partial charge on any atom is -0.309 e. The van der Waals surface area contributed by atoms with E-state index in [9.17, 15) is 0 Å². The molecular weight excluding hydrogens is 1330 g/mol. The van der Waals surface area contributed by atoms with Crippen LogP contribution in [0.2, 0.25) is 0 Å². The molecule has 0 spiro atoms. The summed E-state index contributed by atoms with van der Waals surface area (Å²) < 4.78 is 12.8. The molecule has 0 bridgehead atoms. The highest BCUT2D eigenvalue weighted by Gasteiger charge is 2.38. The van der Waals surface area contributed by atoms with E-state index >= 15 is 0 Å². The van der Waals surface area contributed by atoms with Gasteiger partial charge in [-0.05, 0) is 222 Å².